The number of benzene rings is 1. The number of halogens is 2. The van der Waals surface area contributed by atoms with Gasteiger partial charge in [0.2, 0.25) is 0 Å². The number of ether oxygens (including phenoxy) is 1. The minimum Gasteiger partial charge on any atom is -0.482 e. The highest BCUT2D eigenvalue weighted by atomic mass is 35.5. The van der Waals surface area contributed by atoms with Crippen molar-refractivity contribution in [2.45, 2.75) is 19.9 Å². The first kappa shape index (κ1) is 16.1. The van der Waals surface area contributed by atoms with Gasteiger partial charge in [-0.15, -0.1) is 0 Å². The van der Waals surface area contributed by atoms with Crippen LogP contribution < -0.4 is 15.4 Å². The fourth-order valence-electron chi connectivity index (χ4n) is 1.52. The average Bonchev–Trinajstić information content (AvgIpc) is 2.37. The third-order valence-corrected chi connectivity index (χ3v) is 2.95. The molecule has 2 N–H and O–H groups in total. The van der Waals surface area contributed by atoms with Gasteiger partial charge in [0.05, 0.1) is 5.02 Å². The van der Waals surface area contributed by atoms with Gasteiger partial charge in [-0.25, -0.2) is 0 Å². The van der Waals surface area contributed by atoms with Crippen molar-refractivity contribution in [1.82, 2.24) is 10.6 Å². The van der Waals surface area contributed by atoms with Crippen LogP contribution in [0.4, 0.5) is 0 Å². The molecule has 1 aromatic rings. The lowest BCUT2D eigenvalue weighted by Crippen LogP contribution is -2.25. The van der Waals surface area contributed by atoms with Crippen LogP contribution in [0.25, 0.3) is 0 Å². The van der Waals surface area contributed by atoms with E-state index in [2.05, 4.69) is 17.6 Å². The van der Waals surface area contributed by atoms with E-state index in [4.69, 9.17) is 27.9 Å². The summed E-state index contributed by atoms with van der Waals surface area (Å²) in [6.45, 7) is 3.50. The third-order valence-electron chi connectivity index (χ3n) is 2.45. The standard InChI is InChI=1S/C13H18Cl2N2O2/c1-3-4-17-7-9-5-10(14)6-11(15)13(9)19-8-12(18)16-2/h5-6,17H,3-4,7-8H2,1-2H3,(H,16,18). The van der Waals surface area contributed by atoms with E-state index in [1.807, 2.05) is 0 Å². The highest BCUT2D eigenvalue weighted by Gasteiger charge is 2.12. The molecule has 19 heavy (non-hydrogen) atoms. The number of hydrogen-bond donors (Lipinski definition) is 2. The van der Waals surface area contributed by atoms with Crippen molar-refractivity contribution < 1.29 is 9.53 Å². The van der Waals surface area contributed by atoms with Crippen LogP contribution in [0, 0.1) is 0 Å². The Kier molecular flexibility index (Phi) is 6.99. The Morgan fingerprint density at radius 3 is 2.74 bits per heavy atom. The largest absolute Gasteiger partial charge is 0.482 e. The van der Waals surface area contributed by atoms with Gasteiger partial charge in [-0.1, -0.05) is 30.1 Å². The minimum atomic E-state index is -0.210. The van der Waals surface area contributed by atoms with E-state index >= 15 is 0 Å². The second-order valence-corrected chi connectivity index (χ2v) is 4.86. The molecule has 0 saturated heterocycles. The van der Waals surface area contributed by atoms with E-state index < -0.39 is 0 Å². The molecule has 0 bridgehead atoms. The highest BCUT2D eigenvalue weighted by Crippen LogP contribution is 2.32. The second kappa shape index (κ2) is 8.25. The molecule has 6 heteroatoms. The summed E-state index contributed by atoms with van der Waals surface area (Å²) >= 11 is 12.1. The van der Waals surface area contributed by atoms with Gasteiger partial charge in [0.1, 0.15) is 5.75 Å². The summed E-state index contributed by atoms with van der Waals surface area (Å²) in [5.74, 6) is 0.289. The summed E-state index contributed by atoms with van der Waals surface area (Å²) < 4.78 is 5.46. The maximum absolute atomic E-state index is 11.2. The molecule has 0 atom stereocenters. The van der Waals surface area contributed by atoms with Gasteiger partial charge in [-0.3, -0.25) is 4.79 Å². The fraction of sp³-hybridized carbons (Fsp3) is 0.462. The SMILES string of the molecule is CCCNCc1cc(Cl)cc(Cl)c1OCC(=O)NC. The predicted molar refractivity (Wildman–Crippen MR) is 78.0 cm³/mol. The fourth-order valence-corrected chi connectivity index (χ4v) is 2.11. The summed E-state index contributed by atoms with van der Waals surface area (Å²) in [5.41, 5.74) is 0.842. The van der Waals surface area contributed by atoms with Gasteiger partial charge in [-0.2, -0.15) is 0 Å². The van der Waals surface area contributed by atoms with Crippen molar-refractivity contribution in [1.29, 1.82) is 0 Å². The van der Waals surface area contributed by atoms with Crippen molar-refractivity contribution in [2.75, 3.05) is 20.2 Å². The van der Waals surface area contributed by atoms with Crippen LogP contribution in [0.5, 0.6) is 5.75 Å². The molecule has 0 radical (unpaired) electrons. The molecule has 1 rings (SSSR count). The van der Waals surface area contributed by atoms with Crippen LogP contribution in [-0.2, 0) is 11.3 Å². The van der Waals surface area contributed by atoms with Crippen molar-refractivity contribution in [2.24, 2.45) is 0 Å². The zero-order valence-corrected chi connectivity index (χ0v) is 12.6. The number of amides is 1. The van der Waals surface area contributed by atoms with Crippen LogP contribution in [0.1, 0.15) is 18.9 Å². The van der Waals surface area contributed by atoms with Crippen molar-refractivity contribution in [3.63, 3.8) is 0 Å². The molecule has 0 fully saturated rings. The van der Waals surface area contributed by atoms with E-state index in [1.54, 1.807) is 19.2 Å². The lowest BCUT2D eigenvalue weighted by atomic mass is 10.2. The topological polar surface area (TPSA) is 50.4 Å². The van der Waals surface area contributed by atoms with Crippen LogP contribution in [0.15, 0.2) is 12.1 Å². The second-order valence-electron chi connectivity index (χ2n) is 4.01. The first-order valence-corrected chi connectivity index (χ1v) is 6.86. The van der Waals surface area contributed by atoms with Gasteiger partial charge in [-0.05, 0) is 25.1 Å². The molecule has 0 aliphatic heterocycles. The molecule has 1 amide bonds. The monoisotopic (exact) mass is 304 g/mol. The van der Waals surface area contributed by atoms with Gasteiger partial charge in [0.25, 0.3) is 5.91 Å². The first-order valence-electron chi connectivity index (χ1n) is 6.10. The van der Waals surface area contributed by atoms with E-state index in [9.17, 15) is 4.79 Å². The quantitative estimate of drug-likeness (QED) is 0.761. The first-order chi connectivity index (χ1) is 9.08. The summed E-state index contributed by atoms with van der Waals surface area (Å²) in [4.78, 5) is 11.2. The molecule has 0 spiro atoms. The Labute approximate surface area is 123 Å². The molecule has 1 aromatic carbocycles. The molecule has 0 aliphatic carbocycles. The zero-order valence-electron chi connectivity index (χ0n) is 11.1. The lowest BCUT2D eigenvalue weighted by molar-refractivity contribution is -0.122. The zero-order chi connectivity index (χ0) is 14.3. The Morgan fingerprint density at radius 2 is 2.11 bits per heavy atom. The summed E-state index contributed by atoms with van der Waals surface area (Å²) in [6.07, 6.45) is 1.03. The average molecular weight is 305 g/mol. The number of hydrogen-bond acceptors (Lipinski definition) is 3. The Bertz CT molecular complexity index is 439. The van der Waals surface area contributed by atoms with Crippen LogP contribution in [-0.4, -0.2) is 26.1 Å². The number of rotatable bonds is 7. The number of carbonyl (C=O) groups excluding carboxylic acids is 1. The van der Waals surface area contributed by atoms with E-state index in [0.717, 1.165) is 18.5 Å². The van der Waals surface area contributed by atoms with Crippen molar-refractivity contribution in [3.8, 4) is 5.75 Å². The molecule has 0 aromatic heterocycles. The Balaban J connectivity index is 2.83. The predicted octanol–water partition coefficient (Wildman–Crippen LogP) is 2.62. The highest BCUT2D eigenvalue weighted by molar-refractivity contribution is 6.35. The van der Waals surface area contributed by atoms with Crippen LogP contribution in [0.3, 0.4) is 0 Å². The lowest BCUT2D eigenvalue weighted by Gasteiger charge is -2.14. The van der Waals surface area contributed by atoms with Gasteiger partial charge in [0.15, 0.2) is 6.61 Å². The van der Waals surface area contributed by atoms with E-state index in [0.29, 0.717) is 22.3 Å². The molecule has 0 unspecified atom stereocenters. The Hall–Kier alpha value is -0.970. The normalized spacial score (nSPS) is 10.3. The van der Waals surface area contributed by atoms with Crippen molar-refractivity contribution in [3.05, 3.63) is 27.7 Å². The maximum atomic E-state index is 11.2. The van der Waals surface area contributed by atoms with Crippen LogP contribution >= 0.6 is 23.2 Å². The number of likely N-dealkylation sites (N-methyl/N-ethyl adjacent to an activating group) is 1. The summed E-state index contributed by atoms with van der Waals surface area (Å²) in [7, 11) is 1.55. The molecule has 0 saturated carbocycles. The number of nitrogens with one attached hydrogen (secondary N) is 2. The summed E-state index contributed by atoms with van der Waals surface area (Å²) in [5, 5.41) is 6.69. The molecular weight excluding hydrogens is 287 g/mol. The molecular formula is C13H18Cl2N2O2. The molecule has 0 aliphatic rings. The molecule has 106 valence electrons. The van der Waals surface area contributed by atoms with Gasteiger partial charge >= 0.3 is 0 Å². The third kappa shape index (κ3) is 5.27. The summed E-state index contributed by atoms with van der Waals surface area (Å²) in [6, 6.07) is 3.39. The van der Waals surface area contributed by atoms with E-state index in [1.165, 1.54) is 0 Å². The molecule has 4 nitrogen and oxygen atoms in total. The van der Waals surface area contributed by atoms with Crippen LogP contribution in [0.2, 0.25) is 10.0 Å². The molecule has 0 heterocycles. The van der Waals surface area contributed by atoms with Gasteiger partial charge < -0.3 is 15.4 Å². The maximum Gasteiger partial charge on any atom is 0.257 e. The smallest absolute Gasteiger partial charge is 0.257 e. The number of carbonyl (C=O) groups is 1. The van der Waals surface area contributed by atoms with Crippen molar-refractivity contribution >= 4 is 29.1 Å². The minimum absolute atomic E-state index is 0.0708. The van der Waals surface area contributed by atoms with Gasteiger partial charge in [0, 0.05) is 24.2 Å². The van der Waals surface area contributed by atoms with E-state index in [-0.39, 0.29) is 12.5 Å². The Morgan fingerprint density at radius 1 is 1.37 bits per heavy atom.